The first-order valence-corrected chi connectivity index (χ1v) is 6.39. The van der Waals surface area contributed by atoms with Crippen LogP contribution in [-0.4, -0.2) is 28.0 Å². The van der Waals surface area contributed by atoms with Crippen molar-refractivity contribution in [2.75, 3.05) is 17.3 Å². The summed E-state index contributed by atoms with van der Waals surface area (Å²) in [6, 6.07) is 3.20. The van der Waals surface area contributed by atoms with Gasteiger partial charge < -0.3 is 5.32 Å². The van der Waals surface area contributed by atoms with Crippen molar-refractivity contribution in [1.82, 2.24) is 4.98 Å². The number of thioether (sulfide) groups is 1. The average Bonchev–Trinajstić information content (AvgIpc) is 2.27. The number of aromatic nitrogens is 1. The lowest BCUT2D eigenvalue weighted by atomic mass is 10.2. The van der Waals surface area contributed by atoms with Gasteiger partial charge in [-0.25, -0.2) is 4.98 Å². The van der Waals surface area contributed by atoms with Gasteiger partial charge in [0.2, 0.25) is 5.82 Å². The molecule has 1 unspecified atom stereocenters. The number of pyridine rings is 1. The second kappa shape index (κ2) is 6.32. The van der Waals surface area contributed by atoms with Crippen LogP contribution in [0.3, 0.4) is 0 Å². The Kier molecular flexibility index (Phi) is 5.04. The van der Waals surface area contributed by atoms with Crippen LogP contribution >= 0.6 is 11.8 Å². The van der Waals surface area contributed by atoms with Crippen LogP contribution < -0.4 is 5.32 Å². The van der Waals surface area contributed by atoms with E-state index < -0.39 is 4.92 Å². The molecule has 1 atom stereocenters. The van der Waals surface area contributed by atoms with E-state index in [9.17, 15) is 10.1 Å². The zero-order valence-corrected chi connectivity index (χ0v) is 10.2. The summed E-state index contributed by atoms with van der Waals surface area (Å²) in [5.41, 5.74) is 0.0264. The molecule has 0 radical (unpaired) electrons. The molecule has 1 rings (SSSR count). The Morgan fingerprint density at radius 1 is 1.69 bits per heavy atom. The van der Waals surface area contributed by atoms with Crippen molar-refractivity contribution >= 4 is 23.3 Å². The van der Waals surface area contributed by atoms with Crippen LogP contribution in [0.5, 0.6) is 0 Å². The van der Waals surface area contributed by atoms with Crippen LogP contribution in [0.25, 0.3) is 0 Å². The van der Waals surface area contributed by atoms with Crippen molar-refractivity contribution in [1.29, 1.82) is 0 Å². The minimum absolute atomic E-state index is 0.0264. The standard InChI is InChI=1S/C10H15N3O2S/c1-8(5-7-16-2)12-10-9(13(14)15)4-3-6-11-10/h3-4,6,8H,5,7H2,1-2H3,(H,11,12). The zero-order valence-electron chi connectivity index (χ0n) is 9.34. The molecule has 0 amide bonds. The number of nitrogens with one attached hydrogen (secondary N) is 1. The van der Waals surface area contributed by atoms with Gasteiger partial charge in [-0.1, -0.05) is 0 Å². The highest BCUT2D eigenvalue weighted by molar-refractivity contribution is 7.98. The van der Waals surface area contributed by atoms with Gasteiger partial charge in [0.15, 0.2) is 0 Å². The van der Waals surface area contributed by atoms with Crippen LogP contribution in [0.15, 0.2) is 18.3 Å². The molecule has 0 aliphatic carbocycles. The SMILES string of the molecule is CSCCC(C)Nc1ncccc1[N+](=O)[O-]. The lowest BCUT2D eigenvalue weighted by molar-refractivity contribution is -0.384. The lowest BCUT2D eigenvalue weighted by Gasteiger charge is -2.13. The molecule has 0 bridgehead atoms. The summed E-state index contributed by atoms with van der Waals surface area (Å²) in [5, 5.41) is 13.8. The molecule has 16 heavy (non-hydrogen) atoms. The van der Waals surface area contributed by atoms with Crippen molar-refractivity contribution in [2.24, 2.45) is 0 Å². The Labute approximate surface area is 98.8 Å². The number of rotatable bonds is 6. The third-order valence-corrected chi connectivity index (χ3v) is 2.77. The summed E-state index contributed by atoms with van der Waals surface area (Å²) in [6.07, 6.45) is 4.54. The van der Waals surface area contributed by atoms with Gasteiger partial charge in [0.05, 0.1) is 4.92 Å². The number of hydrogen-bond donors (Lipinski definition) is 1. The summed E-state index contributed by atoms with van der Waals surface area (Å²) in [7, 11) is 0. The number of nitro groups is 1. The van der Waals surface area contributed by atoms with Gasteiger partial charge in [-0.3, -0.25) is 10.1 Å². The summed E-state index contributed by atoms with van der Waals surface area (Å²) in [5.74, 6) is 1.37. The molecule has 0 aliphatic heterocycles. The molecule has 0 aliphatic rings. The molecule has 1 N–H and O–H groups in total. The summed E-state index contributed by atoms with van der Waals surface area (Å²) < 4.78 is 0. The van der Waals surface area contributed by atoms with Crippen LogP contribution in [0, 0.1) is 10.1 Å². The molecule has 0 fully saturated rings. The molecule has 1 aromatic rings. The quantitative estimate of drug-likeness (QED) is 0.612. The lowest BCUT2D eigenvalue weighted by Crippen LogP contribution is -2.17. The fourth-order valence-corrected chi connectivity index (χ4v) is 1.84. The monoisotopic (exact) mass is 241 g/mol. The molecular formula is C10H15N3O2S. The van der Waals surface area contributed by atoms with Gasteiger partial charge in [-0.05, 0) is 31.4 Å². The van der Waals surface area contributed by atoms with E-state index in [1.807, 2.05) is 13.2 Å². The zero-order chi connectivity index (χ0) is 12.0. The van der Waals surface area contributed by atoms with E-state index >= 15 is 0 Å². The normalized spacial score (nSPS) is 12.1. The Morgan fingerprint density at radius 2 is 2.44 bits per heavy atom. The van der Waals surface area contributed by atoms with Gasteiger partial charge in [0, 0.05) is 18.3 Å². The Bertz CT molecular complexity index is 360. The van der Waals surface area contributed by atoms with Gasteiger partial charge >= 0.3 is 5.69 Å². The Hall–Kier alpha value is -1.30. The molecule has 88 valence electrons. The smallest absolute Gasteiger partial charge is 0.311 e. The molecule has 6 heteroatoms. The maximum Gasteiger partial charge on any atom is 0.311 e. The van der Waals surface area contributed by atoms with Crippen molar-refractivity contribution < 1.29 is 4.92 Å². The van der Waals surface area contributed by atoms with E-state index in [1.54, 1.807) is 24.0 Å². The van der Waals surface area contributed by atoms with Crippen LogP contribution in [0.1, 0.15) is 13.3 Å². The van der Waals surface area contributed by atoms with Crippen molar-refractivity contribution in [3.8, 4) is 0 Å². The fraction of sp³-hybridized carbons (Fsp3) is 0.500. The highest BCUT2D eigenvalue weighted by atomic mass is 32.2. The highest BCUT2D eigenvalue weighted by Gasteiger charge is 2.15. The number of anilines is 1. The fourth-order valence-electron chi connectivity index (χ4n) is 1.26. The molecule has 5 nitrogen and oxygen atoms in total. The third kappa shape index (κ3) is 3.69. The molecule has 0 aromatic carbocycles. The molecule has 0 saturated carbocycles. The summed E-state index contributed by atoms with van der Waals surface area (Å²) in [4.78, 5) is 14.3. The number of nitrogens with zero attached hydrogens (tertiary/aromatic N) is 2. The second-order valence-electron chi connectivity index (χ2n) is 3.46. The second-order valence-corrected chi connectivity index (χ2v) is 4.44. The predicted molar refractivity (Wildman–Crippen MR) is 67.0 cm³/mol. The van der Waals surface area contributed by atoms with E-state index in [1.165, 1.54) is 6.07 Å². The molecule has 0 saturated heterocycles. The highest BCUT2D eigenvalue weighted by Crippen LogP contribution is 2.21. The van der Waals surface area contributed by atoms with Crippen molar-refractivity contribution in [3.63, 3.8) is 0 Å². The van der Waals surface area contributed by atoms with Crippen molar-refractivity contribution in [3.05, 3.63) is 28.4 Å². The van der Waals surface area contributed by atoms with Crippen molar-refractivity contribution in [2.45, 2.75) is 19.4 Å². The largest absolute Gasteiger partial charge is 0.362 e. The number of hydrogen-bond acceptors (Lipinski definition) is 5. The first-order valence-electron chi connectivity index (χ1n) is 5.00. The van der Waals surface area contributed by atoms with E-state index in [-0.39, 0.29) is 11.7 Å². The molecular weight excluding hydrogens is 226 g/mol. The van der Waals surface area contributed by atoms with Gasteiger partial charge in [0.1, 0.15) is 0 Å². The summed E-state index contributed by atoms with van der Waals surface area (Å²) >= 11 is 1.76. The minimum Gasteiger partial charge on any atom is -0.362 e. The van der Waals surface area contributed by atoms with Gasteiger partial charge in [0.25, 0.3) is 0 Å². The first kappa shape index (κ1) is 12.8. The Balaban J connectivity index is 2.69. The van der Waals surface area contributed by atoms with E-state index in [0.717, 1.165) is 12.2 Å². The molecule has 1 aromatic heterocycles. The minimum atomic E-state index is -0.420. The van der Waals surface area contributed by atoms with Gasteiger partial charge in [-0.15, -0.1) is 0 Å². The molecule has 0 spiro atoms. The maximum atomic E-state index is 10.7. The van der Waals surface area contributed by atoms with Crippen LogP contribution in [0.2, 0.25) is 0 Å². The first-order chi connectivity index (χ1) is 7.65. The van der Waals surface area contributed by atoms with Crippen LogP contribution in [-0.2, 0) is 0 Å². The molecule has 1 heterocycles. The van der Waals surface area contributed by atoms with E-state index in [0.29, 0.717) is 5.82 Å². The topological polar surface area (TPSA) is 68.1 Å². The summed E-state index contributed by atoms with van der Waals surface area (Å²) in [6.45, 7) is 1.99. The van der Waals surface area contributed by atoms with E-state index in [4.69, 9.17) is 0 Å². The maximum absolute atomic E-state index is 10.7. The Morgan fingerprint density at radius 3 is 3.06 bits per heavy atom. The average molecular weight is 241 g/mol. The third-order valence-electron chi connectivity index (χ3n) is 2.12. The predicted octanol–water partition coefficient (Wildman–Crippen LogP) is 2.54. The van der Waals surface area contributed by atoms with Crippen LogP contribution in [0.4, 0.5) is 11.5 Å². The van der Waals surface area contributed by atoms with E-state index in [2.05, 4.69) is 10.3 Å². The van der Waals surface area contributed by atoms with Gasteiger partial charge in [-0.2, -0.15) is 11.8 Å².